The summed E-state index contributed by atoms with van der Waals surface area (Å²) in [5, 5.41) is 19.6. The van der Waals surface area contributed by atoms with Crippen molar-refractivity contribution in [3.05, 3.63) is 28.7 Å². The molecule has 0 saturated carbocycles. The Morgan fingerprint density at radius 1 is 1.60 bits per heavy atom. The fourth-order valence-corrected chi connectivity index (χ4v) is 2.83. The molecule has 0 unspecified atom stereocenters. The summed E-state index contributed by atoms with van der Waals surface area (Å²) < 4.78 is 7.36. The molecule has 0 aromatic carbocycles. The van der Waals surface area contributed by atoms with Crippen molar-refractivity contribution in [1.82, 2.24) is 19.4 Å². The highest BCUT2D eigenvalue weighted by Gasteiger charge is 2.35. The Morgan fingerprint density at radius 3 is 2.96 bits per heavy atom. The third-order valence-corrected chi connectivity index (χ3v) is 4.02. The van der Waals surface area contributed by atoms with E-state index in [4.69, 9.17) is 4.74 Å². The van der Waals surface area contributed by atoms with Crippen molar-refractivity contribution in [2.45, 2.75) is 24.9 Å². The lowest BCUT2D eigenvalue weighted by Gasteiger charge is -2.14. The van der Waals surface area contributed by atoms with E-state index in [1.165, 1.54) is 6.34 Å². The predicted octanol–water partition coefficient (Wildman–Crippen LogP) is 0.230. The number of aromatic nitrogens is 3. The van der Waals surface area contributed by atoms with Gasteiger partial charge in [-0.1, -0.05) is 12.7 Å². The van der Waals surface area contributed by atoms with E-state index in [1.54, 1.807) is 35.8 Å². The van der Waals surface area contributed by atoms with Crippen LogP contribution in [-0.4, -0.2) is 68.9 Å². The van der Waals surface area contributed by atoms with Gasteiger partial charge in [-0.25, -0.2) is 4.99 Å². The standard InChI is InChI=1S/C16H21N5O4/c1-4-9-6-21(12-5-10(23)11(7-22)25-12)14-13(9)15(24)19-16(18-14)17-8-20(2)3/h4,6,8,10-12,22-23H,1,5,7H2,2-3H3,(H,18,19,24)/b17-8+/t10-,11+,12+/m0/s1. The zero-order valence-corrected chi connectivity index (χ0v) is 14.1. The molecule has 2 aromatic rings. The number of H-pyrrole nitrogens is 1. The van der Waals surface area contributed by atoms with Gasteiger partial charge in [-0.2, -0.15) is 4.98 Å². The number of nitrogens with zero attached hydrogens (tertiary/aromatic N) is 4. The van der Waals surface area contributed by atoms with E-state index in [1.807, 2.05) is 0 Å². The van der Waals surface area contributed by atoms with Crippen molar-refractivity contribution in [2.75, 3.05) is 20.7 Å². The molecule has 0 spiro atoms. The van der Waals surface area contributed by atoms with Crippen molar-refractivity contribution < 1.29 is 14.9 Å². The lowest BCUT2D eigenvalue weighted by atomic mass is 10.2. The molecule has 0 amide bonds. The second-order valence-corrected chi connectivity index (χ2v) is 6.11. The highest BCUT2D eigenvalue weighted by atomic mass is 16.5. The van der Waals surface area contributed by atoms with E-state index in [0.717, 1.165) is 0 Å². The summed E-state index contributed by atoms with van der Waals surface area (Å²) in [7, 11) is 3.61. The normalized spacial score (nSPS) is 23.6. The summed E-state index contributed by atoms with van der Waals surface area (Å²) in [6.45, 7) is 3.45. The topological polar surface area (TPSA) is 116 Å². The van der Waals surface area contributed by atoms with Gasteiger partial charge < -0.3 is 24.4 Å². The number of nitrogens with one attached hydrogen (secondary N) is 1. The fraction of sp³-hybridized carbons (Fsp3) is 0.438. The molecule has 3 atom stereocenters. The number of aliphatic hydroxyl groups is 2. The summed E-state index contributed by atoms with van der Waals surface area (Å²) in [6.07, 6.45) is 3.10. The molecule has 9 heteroatoms. The number of aromatic amines is 1. The van der Waals surface area contributed by atoms with Crippen molar-refractivity contribution >= 4 is 29.4 Å². The van der Waals surface area contributed by atoms with E-state index in [2.05, 4.69) is 21.5 Å². The van der Waals surface area contributed by atoms with Crippen molar-refractivity contribution in [3.8, 4) is 0 Å². The second kappa shape index (κ2) is 6.79. The first-order valence-corrected chi connectivity index (χ1v) is 7.87. The van der Waals surface area contributed by atoms with Gasteiger partial charge in [0.2, 0.25) is 5.95 Å². The van der Waals surface area contributed by atoms with Gasteiger partial charge in [0.05, 0.1) is 24.4 Å². The molecule has 9 nitrogen and oxygen atoms in total. The van der Waals surface area contributed by atoms with Gasteiger partial charge in [0.1, 0.15) is 12.3 Å². The molecular weight excluding hydrogens is 326 g/mol. The van der Waals surface area contributed by atoms with Gasteiger partial charge in [-0.15, -0.1) is 0 Å². The van der Waals surface area contributed by atoms with Crippen LogP contribution in [0.5, 0.6) is 0 Å². The average Bonchev–Trinajstić information content (AvgIpc) is 3.13. The number of rotatable bonds is 5. The Hall–Kier alpha value is -2.49. The molecule has 3 rings (SSSR count). The number of aliphatic hydroxyl groups excluding tert-OH is 2. The van der Waals surface area contributed by atoms with Crippen LogP contribution in [0.2, 0.25) is 0 Å². The van der Waals surface area contributed by atoms with Crippen LogP contribution in [-0.2, 0) is 4.74 Å². The summed E-state index contributed by atoms with van der Waals surface area (Å²) in [5.41, 5.74) is 0.666. The number of hydrogen-bond donors (Lipinski definition) is 3. The maximum absolute atomic E-state index is 12.5. The number of aliphatic imine (C=N–C) groups is 1. The number of ether oxygens (including phenoxy) is 1. The average molecular weight is 347 g/mol. The van der Waals surface area contributed by atoms with E-state index in [9.17, 15) is 15.0 Å². The SMILES string of the molecule is C=Cc1cn([C@H]2C[C@H](O)[C@@H](CO)O2)c2nc(/N=C/N(C)C)[nH]c(=O)c12. The molecule has 0 bridgehead atoms. The number of fused-ring (bicyclic) bond motifs is 1. The Kier molecular flexibility index (Phi) is 4.71. The lowest BCUT2D eigenvalue weighted by Crippen LogP contribution is -2.24. The van der Waals surface area contributed by atoms with E-state index < -0.39 is 18.4 Å². The molecule has 3 N–H and O–H groups in total. The number of hydrogen-bond acceptors (Lipinski definition) is 6. The molecule has 25 heavy (non-hydrogen) atoms. The summed E-state index contributed by atoms with van der Waals surface area (Å²) >= 11 is 0. The Morgan fingerprint density at radius 2 is 2.36 bits per heavy atom. The van der Waals surface area contributed by atoms with Gasteiger partial charge >= 0.3 is 0 Å². The highest BCUT2D eigenvalue weighted by Crippen LogP contribution is 2.32. The van der Waals surface area contributed by atoms with E-state index in [-0.39, 0.29) is 24.5 Å². The first kappa shape index (κ1) is 17.3. The van der Waals surface area contributed by atoms with Crippen molar-refractivity contribution in [1.29, 1.82) is 0 Å². The first-order valence-electron chi connectivity index (χ1n) is 7.87. The molecule has 134 valence electrons. The van der Waals surface area contributed by atoms with E-state index >= 15 is 0 Å². The lowest BCUT2D eigenvalue weighted by molar-refractivity contribution is -0.0430. The molecule has 2 aromatic heterocycles. The van der Waals surface area contributed by atoms with Crippen LogP contribution in [0, 0.1) is 0 Å². The maximum Gasteiger partial charge on any atom is 0.262 e. The van der Waals surface area contributed by atoms with Crippen LogP contribution in [0.25, 0.3) is 17.1 Å². The van der Waals surface area contributed by atoms with Crippen LogP contribution in [0.3, 0.4) is 0 Å². The molecule has 1 aliphatic heterocycles. The van der Waals surface area contributed by atoms with Crippen LogP contribution in [0.4, 0.5) is 5.95 Å². The minimum atomic E-state index is -0.784. The van der Waals surface area contributed by atoms with Crippen LogP contribution in [0.1, 0.15) is 18.2 Å². The zero-order chi connectivity index (χ0) is 18.1. The predicted molar refractivity (Wildman–Crippen MR) is 93.9 cm³/mol. The Bertz CT molecular complexity index is 869. The Labute approximate surface area is 143 Å². The van der Waals surface area contributed by atoms with Crippen molar-refractivity contribution in [2.24, 2.45) is 4.99 Å². The summed E-state index contributed by atoms with van der Waals surface area (Å²) in [5.74, 6) is 0.165. The molecular formula is C16H21N5O4. The monoisotopic (exact) mass is 347 g/mol. The smallest absolute Gasteiger partial charge is 0.262 e. The zero-order valence-electron chi connectivity index (χ0n) is 14.1. The second-order valence-electron chi connectivity index (χ2n) is 6.11. The van der Waals surface area contributed by atoms with Gasteiger partial charge in [-0.3, -0.25) is 9.78 Å². The Balaban J connectivity index is 2.12. The quantitative estimate of drug-likeness (QED) is 0.527. The third kappa shape index (κ3) is 3.21. The summed E-state index contributed by atoms with van der Waals surface area (Å²) in [4.78, 5) is 25.4. The van der Waals surface area contributed by atoms with Gasteiger partial charge in [0.25, 0.3) is 5.56 Å². The van der Waals surface area contributed by atoms with Gasteiger partial charge in [0.15, 0.2) is 5.65 Å². The molecule has 1 saturated heterocycles. The van der Waals surface area contributed by atoms with Gasteiger partial charge in [0, 0.05) is 32.3 Å². The first-order chi connectivity index (χ1) is 11.9. The molecule has 0 aliphatic carbocycles. The highest BCUT2D eigenvalue weighted by molar-refractivity contribution is 5.86. The fourth-order valence-electron chi connectivity index (χ4n) is 2.83. The van der Waals surface area contributed by atoms with Gasteiger partial charge in [-0.05, 0) is 0 Å². The molecule has 1 aliphatic rings. The summed E-state index contributed by atoms with van der Waals surface area (Å²) in [6, 6.07) is 0. The van der Waals surface area contributed by atoms with Crippen LogP contribution >= 0.6 is 0 Å². The maximum atomic E-state index is 12.5. The third-order valence-electron chi connectivity index (χ3n) is 4.02. The molecule has 3 heterocycles. The molecule has 0 radical (unpaired) electrons. The van der Waals surface area contributed by atoms with Crippen LogP contribution < -0.4 is 5.56 Å². The minimum Gasteiger partial charge on any atom is -0.394 e. The minimum absolute atomic E-state index is 0.165. The van der Waals surface area contributed by atoms with Crippen LogP contribution in [0.15, 0.2) is 22.6 Å². The largest absolute Gasteiger partial charge is 0.394 e. The van der Waals surface area contributed by atoms with Crippen molar-refractivity contribution in [3.63, 3.8) is 0 Å². The van der Waals surface area contributed by atoms with E-state index in [0.29, 0.717) is 16.6 Å². The molecule has 1 fully saturated rings.